The normalized spacial score (nSPS) is 10.4. The summed E-state index contributed by atoms with van der Waals surface area (Å²) in [4.78, 5) is 22.3. The van der Waals surface area contributed by atoms with Gasteiger partial charge < -0.3 is 9.15 Å². The molecule has 9 heteroatoms. The highest BCUT2D eigenvalue weighted by Crippen LogP contribution is 2.21. The molecule has 1 heterocycles. The fourth-order valence-corrected chi connectivity index (χ4v) is 2.16. The number of benzene rings is 2. The summed E-state index contributed by atoms with van der Waals surface area (Å²) in [6.07, 6.45) is 0. The molecule has 0 unspecified atom stereocenters. The van der Waals surface area contributed by atoms with Gasteiger partial charge in [0.25, 0.3) is 11.6 Å². The number of rotatable bonds is 5. The summed E-state index contributed by atoms with van der Waals surface area (Å²) in [5, 5.41) is 19.1. The van der Waals surface area contributed by atoms with Crippen molar-refractivity contribution in [3.8, 4) is 11.5 Å². The molecule has 126 valence electrons. The first-order valence-corrected chi connectivity index (χ1v) is 7.41. The van der Waals surface area contributed by atoms with Gasteiger partial charge in [0.05, 0.1) is 4.92 Å². The molecular weight excluding hydrogens is 350 g/mol. The highest BCUT2D eigenvalue weighted by atomic mass is 35.5. The predicted octanol–water partition coefficient (Wildman–Crippen LogP) is 3.66. The standard InChI is InChI=1S/C16H10ClN3O5/c17-11-7-5-10(6-8-11)15-19-18-14(25-15)9-24-16(21)12-3-1-2-4-13(12)20(22)23/h1-8H,9H2. The number of ether oxygens (including phenoxy) is 1. The van der Waals surface area contributed by atoms with Crippen LogP contribution in [0.15, 0.2) is 52.9 Å². The number of aromatic nitrogens is 2. The van der Waals surface area contributed by atoms with E-state index in [-0.39, 0.29) is 29.6 Å². The van der Waals surface area contributed by atoms with Crippen molar-refractivity contribution in [1.82, 2.24) is 10.2 Å². The van der Waals surface area contributed by atoms with E-state index >= 15 is 0 Å². The van der Waals surface area contributed by atoms with Crippen molar-refractivity contribution < 1.29 is 18.9 Å². The molecule has 1 aromatic heterocycles. The summed E-state index contributed by atoms with van der Waals surface area (Å²) < 4.78 is 10.4. The summed E-state index contributed by atoms with van der Waals surface area (Å²) in [7, 11) is 0. The second-order valence-electron chi connectivity index (χ2n) is 4.86. The zero-order chi connectivity index (χ0) is 17.8. The zero-order valence-corrected chi connectivity index (χ0v) is 13.3. The first kappa shape index (κ1) is 16.6. The van der Waals surface area contributed by atoms with Gasteiger partial charge in [-0.25, -0.2) is 4.79 Å². The first-order valence-electron chi connectivity index (χ1n) is 7.03. The Labute approximate surface area is 146 Å². The molecule has 0 aliphatic heterocycles. The third kappa shape index (κ3) is 3.81. The number of para-hydroxylation sites is 1. The molecule has 25 heavy (non-hydrogen) atoms. The third-order valence-corrected chi connectivity index (χ3v) is 3.46. The van der Waals surface area contributed by atoms with Crippen LogP contribution in [0.1, 0.15) is 16.2 Å². The quantitative estimate of drug-likeness (QED) is 0.388. The summed E-state index contributed by atoms with van der Waals surface area (Å²) in [5.74, 6) is -0.538. The van der Waals surface area contributed by atoms with Crippen LogP contribution in [0.5, 0.6) is 0 Å². The summed E-state index contributed by atoms with van der Waals surface area (Å²) >= 11 is 5.81. The second kappa shape index (κ2) is 7.10. The highest BCUT2D eigenvalue weighted by molar-refractivity contribution is 6.30. The van der Waals surface area contributed by atoms with Crippen molar-refractivity contribution in [2.24, 2.45) is 0 Å². The van der Waals surface area contributed by atoms with Crippen LogP contribution in [0.4, 0.5) is 5.69 Å². The van der Waals surface area contributed by atoms with Crippen molar-refractivity contribution in [3.63, 3.8) is 0 Å². The minimum atomic E-state index is -0.849. The molecule has 0 spiro atoms. The van der Waals surface area contributed by atoms with E-state index in [1.54, 1.807) is 24.3 Å². The van der Waals surface area contributed by atoms with Gasteiger partial charge >= 0.3 is 5.97 Å². The lowest BCUT2D eigenvalue weighted by Crippen LogP contribution is -2.08. The van der Waals surface area contributed by atoms with E-state index in [9.17, 15) is 14.9 Å². The number of nitro benzene ring substituents is 1. The monoisotopic (exact) mass is 359 g/mol. The van der Waals surface area contributed by atoms with Gasteiger partial charge in [0, 0.05) is 16.7 Å². The first-order chi connectivity index (χ1) is 12.0. The molecule has 3 aromatic rings. The Bertz CT molecular complexity index is 924. The van der Waals surface area contributed by atoms with Gasteiger partial charge in [-0.2, -0.15) is 0 Å². The topological polar surface area (TPSA) is 108 Å². The number of esters is 1. The minimum absolute atomic E-state index is 0.0666. The third-order valence-electron chi connectivity index (χ3n) is 3.21. The Morgan fingerprint density at radius 1 is 1.16 bits per heavy atom. The molecule has 0 amide bonds. The molecule has 0 radical (unpaired) electrons. The SMILES string of the molecule is O=C(OCc1nnc(-c2ccc(Cl)cc2)o1)c1ccccc1[N+](=O)[O-]. The van der Waals surface area contributed by atoms with Gasteiger partial charge in [-0.15, -0.1) is 10.2 Å². The van der Waals surface area contributed by atoms with Crippen LogP contribution in [-0.4, -0.2) is 21.1 Å². The highest BCUT2D eigenvalue weighted by Gasteiger charge is 2.21. The molecule has 0 aliphatic rings. The summed E-state index contributed by atoms with van der Waals surface area (Å²) in [6.45, 7) is -0.300. The molecule has 0 bridgehead atoms. The van der Waals surface area contributed by atoms with Crippen LogP contribution in [0, 0.1) is 10.1 Å². The lowest BCUT2D eigenvalue weighted by Gasteiger charge is -2.02. The maximum atomic E-state index is 12.0. The molecule has 0 N–H and O–H groups in total. The Kier molecular flexibility index (Phi) is 4.71. The number of halogens is 1. The average Bonchev–Trinajstić information content (AvgIpc) is 3.09. The van der Waals surface area contributed by atoms with Gasteiger partial charge in [0.15, 0.2) is 6.61 Å². The predicted molar refractivity (Wildman–Crippen MR) is 87.0 cm³/mol. The lowest BCUT2D eigenvalue weighted by atomic mass is 10.2. The minimum Gasteiger partial charge on any atom is -0.452 e. The smallest absolute Gasteiger partial charge is 0.345 e. The molecule has 0 aliphatic carbocycles. The van der Waals surface area contributed by atoms with Crippen molar-refractivity contribution >= 4 is 23.3 Å². The molecule has 0 fully saturated rings. The van der Waals surface area contributed by atoms with Crippen LogP contribution in [-0.2, 0) is 11.3 Å². The van der Waals surface area contributed by atoms with E-state index < -0.39 is 10.9 Å². The average molecular weight is 360 g/mol. The van der Waals surface area contributed by atoms with Crippen LogP contribution >= 0.6 is 11.6 Å². The van der Waals surface area contributed by atoms with Crippen LogP contribution in [0.25, 0.3) is 11.5 Å². The number of hydrogen-bond acceptors (Lipinski definition) is 7. The molecule has 2 aromatic carbocycles. The van der Waals surface area contributed by atoms with Gasteiger partial charge in [0.1, 0.15) is 5.56 Å². The number of nitro groups is 1. The summed E-state index contributed by atoms with van der Waals surface area (Å²) in [5.41, 5.74) is 0.179. The fourth-order valence-electron chi connectivity index (χ4n) is 2.03. The zero-order valence-electron chi connectivity index (χ0n) is 12.6. The molecule has 0 atom stereocenters. The molecule has 0 saturated carbocycles. The van der Waals surface area contributed by atoms with Gasteiger partial charge in [-0.3, -0.25) is 10.1 Å². The maximum absolute atomic E-state index is 12.0. The Hall–Kier alpha value is -3.26. The van der Waals surface area contributed by atoms with E-state index in [4.69, 9.17) is 20.8 Å². The van der Waals surface area contributed by atoms with Crippen molar-refractivity contribution in [2.45, 2.75) is 6.61 Å². The van der Waals surface area contributed by atoms with Gasteiger partial charge in [-0.1, -0.05) is 23.7 Å². The number of hydrogen-bond donors (Lipinski definition) is 0. The van der Waals surface area contributed by atoms with Crippen molar-refractivity contribution in [3.05, 3.63) is 75.1 Å². The number of nitrogens with zero attached hydrogens (tertiary/aromatic N) is 3. The van der Waals surface area contributed by atoms with E-state index in [2.05, 4.69) is 10.2 Å². The van der Waals surface area contributed by atoms with Crippen molar-refractivity contribution in [1.29, 1.82) is 0 Å². The van der Waals surface area contributed by atoms with Crippen LogP contribution in [0.3, 0.4) is 0 Å². The molecule has 0 saturated heterocycles. The largest absolute Gasteiger partial charge is 0.452 e. The van der Waals surface area contributed by atoms with E-state index in [1.165, 1.54) is 24.3 Å². The Morgan fingerprint density at radius 2 is 1.88 bits per heavy atom. The van der Waals surface area contributed by atoms with Crippen molar-refractivity contribution in [2.75, 3.05) is 0 Å². The van der Waals surface area contributed by atoms with Crippen LogP contribution in [0.2, 0.25) is 5.02 Å². The number of carbonyl (C=O) groups is 1. The molecule has 8 nitrogen and oxygen atoms in total. The van der Waals surface area contributed by atoms with Crippen LogP contribution < -0.4 is 0 Å². The van der Waals surface area contributed by atoms with Gasteiger partial charge in [0.2, 0.25) is 5.89 Å². The summed E-state index contributed by atoms with van der Waals surface area (Å²) in [6, 6.07) is 12.3. The maximum Gasteiger partial charge on any atom is 0.345 e. The number of carbonyl (C=O) groups excluding carboxylic acids is 1. The Morgan fingerprint density at radius 3 is 2.60 bits per heavy atom. The van der Waals surface area contributed by atoms with E-state index in [0.717, 1.165) is 0 Å². The molecular formula is C16H10ClN3O5. The lowest BCUT2D eigenvalue weighted by molar-refractivity contribution is -0.385. The Balaban J connectivity index is 1.69. The molecule has 3 rings (SSSR count). The van der Waals surface area contributed by atoms with E-state index in [0.29, 0.717) is 10.6 Å². The van der Waals surface area contributed by atoms with E-state index in [1.807, 2.05) is 0 Å². The second-order valence-corrected chi connectivity index (χ2v) is 5.29. The fraction of sp³-hybridized carbons (Fsp3) is 0.0625. The van der Waals surface area contributed by atoms with Gasteiger partial charge in [-0.05, 0) is 30.3 Å².